The van der Waals surface area contributed by atoms with E-state index in [1.165, 1.54) is 42.3 Å². The fourth-order valence-corrected chi connectivity index (χ4v) is 7.62. The third kappa shape index (κ3) is 5.83. The van der Waals surface area contributed by atoms with Gasteiger partial charge >= 0.3 is 0 Å². The second-order valence-corrected chi connectivity index (χ2v) is 12.9. The molecule has 1 saturated carbocycles. The minimum absolute atomic E-state index is 0.0663. The summed E-state index contributed by atoms with van der Waals surface area (Å²) < 4.78 is 11.9. The number of hydrogen-bond acceptors (Lipinski definition) is 7. The van der Waals surface area contributed by atoms with Crippen LogP contribution in [-0.4, -0.2) is 71.5 Å². The molecule has 2 aromatic carbocycles. The van der Waals surface area contributed by atoms with Gasteiger partial charge in [0.05, 0.1) is 5.52 Å². The number of piperidine rings is 1. The Labute approximate surface area is 257 Å². The number of amides is 3. The topological polar surface area (TPSA) is 101 Å². The van der Waals surface area contributed by atoms with Gasteiger partial charge in [0.15, 0.2) is 0 Å². The van der Waals surface area contributed by atoms with Crippen LogP contribution in [0.15, 0.2) is 48.5 Å². The zero-order valence-electron chi connectivity index (χ0n) is 25.3. The number of benzene rings is 2. The van der Waals surface area contributed by atoms with Crippen LogP contribution in [0.2, 0.25) is 0 Å². The number of fused-ring (bicyclic) bond motifs is 2. The minimum Gasteiger partial charge on any atom is -0.489 e. The number of ether oxygens (including phenoxy) is 2. The van der Waals surface area contributed by atoms with E-state index >= 15 is 0 Å². The Morgan fingerprint density at radius 1 is 0.977 bits per heavy atom. The predicted molar refractivity (Wildman–Crippen MR) is 165 cm³/mol. The zero-order valence-corrected chi connectivity index (χ0v) is 25.3. The number of carbonyl (C=O) groups is 3. The molecule has 44 heavy (non-hydrogen) atoms. The molecule has 4 atom stereocenters. The number of aromatic nitrogens is 1. The SMILES string of the molecule is COC[C@@H]1CCCC[C@H]1c1ccc2cc(CN3CCC(Oc4ccc5c(c4)CN(C4CCC(=O)NC4=O)C5=O)C3)ccc2n1. The molecule has 4 heterocycles. The lowest BCUT2D eigenvalue weighted by atomic mass is 9.77. The van der Waals surface area contributed by atoms with Gasteiger partial charge in [-0.3, -0.25) is 29.6 Å². The highest BCUT2D eigenvalue weighted by Crippen LogP contribution is 2.38. The van der Waals surface area contributed by atoms with Crippen LogP contribution >= 0.6 is 0 Å². The molecule has 3 aliphatic heterocycles. The molecule has 3 amide bonds. The van der Waals surface area contributed by atoms with Gasteiger partial charge in [-0.05, 0) is 79.1 Å². The Kier molecular flexibility index (Phi) is 8.08. The maximum absolute atomic E-state index is 13.0. The van der Waals surface area contributed by atoms with Gasteiger partial charge in [0.1, 0.15) is 17.9 Å². The average Bonchev–Trinajstić information content (AvgIpc) is 3.60. The summed E-state index contributed by atoms with van der Waals surface area (Å²) >= 11 is 0. The quantitative estimate of drug-likeness (QED) is 0.380. The van der Waals surface area contributed by atoms with Gasteiger partial charge in [0.25, 0.3) is 5.91 Å². The van der Waals surface area contributed by atoms with E-state index < -0.39 is 11.9 Å². The first-order valence-corrected chi connectivity index (χ1v) is 16.0. The number of likely N-dealkylation sites (tertiary alicyclic amines) is 1. The Hall–Kier alpha value is -3.82. The van der Waals surface area contributed by atoms with Gasteiger partial charge in [-0.15, -0.1) is 0 Å². The van der Waals surface area contributed by atoms with Gasteiger partial charge in [0, 0.05) is 68.9 Å². The molecule has 230 valence electrons. The Morgan fingerprint density at radius 2 is 1.86 bits per heavy atom. The second-order valence-electron chi connectivity index (χ2n) is 12.9. The molecule has 0 spiro atoms. The molecular weight excluding hydrogens is 556 g/mol. The van der Waals surface area contributed by atoms with E-state index in [0.29, 0.717) is 30.4 Å². The van der Waals surface area contributed by atoms with Gasteiger partial charge in [-0.2, -0.15) is 0 Å². The van der Waals surface area contributed by atoms with E-state index in [-0.39, 0.29) is 24.3 Å². The van der Waals surface area contributed by atoms with E-state index in [0.717, 1.165) is 49.5 Å². The van der Waals surface area contributed by atoms with Crippen LogP contribution in [0.5, 0.6) is 5.75 Å². The maximum atomic E-state index is 13.0. The average molecular weight is 597 g/mol. The van der Waals surface area contributed by atoms with E-state index in [1.54, 1.807) is 18.1 Å². The molecule has 9 nitrogen and oxygen atoms in total. The third-order valence-electron chi connectivity index (χ3n) is 9.88. The van der Waals surface area contributed by atoms with E-state index in [2.05, 4.69) is 40.5 Å². The highest BCUT2D eigenvalue weighted by Gasteiger charge is 2.39. The molecule has 3 aromatic rings. The smallest absolute Gasteiger partial charge is 0.255 e. The summed E-state index contributed by atoms with van der Waals surface area (Å²) in [5.74, 6) is 0.924. The Morgan fingerprint density at radius 3 is 2.73 bits per heavy atom. The predicted octanol–water partition coefficient (Wildman–Crippen LogP) is 4.57. The number of methoxy groups -OCH3 is 1. The van der Waals surface area contributed by atoms with Crippen molar-refractivity contribution in [1.29, 1.82) is 0 Å². The summed E-state index contributed by atoms with van der Waals surface area (Å²) in [6.07, 6.45) is 6.55. The fourth-order valence-electron chi connectivity index (χ4n) is 7.62. The summed E-state index contributed by atoms with van der Waals surface area (Å²) in [6, 6.07) is 16.0. The highest BCUT2D eigenvalue weighted by atomic mass is 16.5. The summed E-state index contributed by atoms with van der Waals surface area (Å²) in [6.45, 7) is 3.79. The standard InChI is InChI=1S/C35H40N4O5/c1-43-21-24-4-2-3-5-28(24)31-11-7-23-16-22(6-10-30(23)36-31)18-38-15-14-27(20-38)44-26-8-9-29-25(17-26)19-39(35(29)42)32-12-13-33(40)37-34(32)41/h6-11,16-17,24,27-28,32H,2-5,12-15,18-21H2,1H3,(H,37,40,41)/t24-,27?,28+,32?/m0/s1. The van der Waals surface area contributed by atoms with Crippen LogP contribution in [0.25, 0.3) is 10.9 Å². The molecule has 9 heteroatoms. The van der Waals surface area contributed by atoms with Gasteiger partial charge in [-0.25, -0.2) is 0 Å². The summed E-state index contributed by atoms with van der Waals surface area (Å²) in [4.78, 5) is 46.0. The van der Waals surface area contributed by atoms with Crippen molar-refractivity contribution in [2.45, 2.75) is 76.1 Å². The van der Waals surface area contributed by atoms with E-state index in [1.807, 2.05) is 12.1 Å². The summed E-state index contributed by atoms with van der Waals surface area (Å²) in [5.41, 5.74) is 4.99. The first-order chi connectivity index (χ1) is 21.4. The number of hydrogen-bond donors (Lipinski definition) is 1. The van der Waals surface area contributed by atoms with Crippen LogP contribution in [0.1, 0.15) is 78.0 Å². The fraction of sp³-hybridized carbons (Fsp3) is 0.486. The number of pyridine rings is 1. The molecule has 1 N–H and O–H groups in total. The lowest BCUT2D eigenvalue weighted by Crippen LogP contribution is -2.52. The van der Waals surface area contributed by atoms with Crippen molar-refractivity contribution in [3.8, 4) is 5.75 Å². The Bertz CT molecular complexity index is 1590. The molecular formula is C35H40N4O5. The molecule has 2 saturated heterocycles. The number of carbonyl (C=O) groups excluding carboxylic acids is 3. The van der Waals surface area contributed by atoms with Crippen molar-refractivity contribution in [1.82, 2.24) is 20.1 Å². The van der Waals surface area contributed by atoms with Gasteiger partial charge in [0.2, 0.25) is 11.8 Å². The molecule has 0 radical (unpaired) electrons. The van der Waals surface area contributed by atoms with Crippen LogP contribution in [0, 0.1) is 5.92 Å². The van der Waals surface area contributed by atoms with Crippen molar-refractivity contribution >= 4 is 28.6 Å². The van der Waals surface area contributed by atoms with Gasteiger partial charge < -0.3 is 14.4 Å². The van der Waals surface area contributed by atoms with Crippen molar-refractivity contribution in [2.24, 2.45) is 5.92 Å². The van der Waals surface area contributed by atoms with Crippen molar-refractivity contribution in [3.05, 3.63) is 70.9 Å². The summed E-state index contributed by atoms with van der Waals surface area (Å²) in [5, 5.41) is 3.53. The van der Waals surface area contributed by atoms with Crippen molar-refractivity contribution in [3.63, 3.8) is 0 Å². The Balaban J connectivity index is 0.958. The largest absolute Gasteiger partial charge is 0.489 e. The molecule has 3 fully saturated rings. The molecule has 1 aliphatic carbocycles. The van der Waals surface area contributed by atoms with Crippen molar-refractivity contribution in [2.75, 3.05) is 26.8 Å². The zero-order chi connectivity index (χ0) is 30.2. The molecule has 7 rings (SSSR count). The van der Waals surface area contributed by atoms with Gasteiger partial charge in [-0.1, -0.05) is 25.0 Å². The van der Waals surface area contributed by atoms with E-state index in [4.69, 9.17) is 14.5 Å². The first-order valence-electron chi connectivity index (χ1n) is 16.0. The number of rotatable bonds is 8. The minimum atomic E-state index is -0.613. The lowest BCUT2D eigenvalue weighted by molar-refractivity contribution is -0.136. The number of nitrogens with one attached hydrogen (secondary N) is 1. The molecule has 1 aromatic heterocycles. The van der Waals surface area contributed by atoms with Crippen LogP contribution < -0.4 is 10.1 Å². The monoisotopic (exact) mass is 596 g/mol. The number of nitrogens with zero attached hydrogens (tertiary/aromatic N) is 3. The van der Waals surface area contributed by atoms with E-state index in [9.17, 15) is 14.4 Å². The normalized spacial score (nSPS) is 25.8. The maximum Gasteiger partial charge on any atom is 0.255 e. The van der Waals surface area contributed by atoms with Crippen LogP contribution in [-0.2, 0) is 27.4 Å². The van der Waals surface area contributed by atoms with Crippen LogP contribution in [0.4, 0.5) is 0 Å². The molecule has 2 unspecified atom stereocenters. The third-order valence-corrected chi connectivity index (χ3v) is 9.88. The first kappa shape index (κ1) is 28.9. The molecule has 0 bridgehead atoms. The second kappa shape index (κ2) is 12.3. The molecule has 4 aliphatic rings. The highest BCUT2D eigenvalue weighted by molar-refractivity contribution is 6.05. The lowest BCUT2D eigenvalue weighted by Gasteiger charge is -2.30. The summed E-state index contributed by atoms with van der Waals surface area (Å²) in [7, 11) is 1.80. The van der Waals surface area contributed by atoms with Crippen molar-refractivity contribution < 1.29 is 23.9 Å². The van der Waals surface area contributed by atoms with Crippen LogP contribution in [0.3, 0.4) is 0 Å². The number of imide groups is 1.